The number of anilines is 1. The maximum atomic E-state index is 5.51. The van der Waals surface area contributed by atoms with E-state index in [9.17, 15) is 0 Å². The molecule has 2 aromatic carbocycles. The summed E-state index contributed by atoms with van der Waals surface area (Å²) in [4.78, 5) is 0. The Hall–Kier alpha value is -1.40. The van der Waals surface area contributed by atoms with Gasteiger partial charge in [-0.15, -0.1) is 0 Å². The summed E-state index contributed by atoms with van der Waals surface area (Å²) < 4.78 is 18.1. The number of methoxy groups -OCH3 is 1. The largest absolute Gasteiger partial charge is 0.495 e. The van der Waals surface area contributed by atoms with Crippen molar-refractivity contribution < 1.29 is 14.2 Å². The zero-order valence-corrected chi connectivity index (χ0v) is 14.5. The van der Waals surface area contributed by atoms with Gasteiger partial charge in [0, 0.05) is 22.6 Å². The predicted octanol–water partition coefficient (Wildman–Crippen LogP) is 4.56. The van der Waals surface area contributed by atoms with Crippen molar-refractivity contribution in [2.75, 3.05) is 19.2 Å². The third-order valence-corrected chi connectivity index (χ3v) is 4.46. The highest BCUT2D eigenvalue weighted by atomic mass is 79.9. The number of nitrogens with one attached hydrogen (secondary N) is 1. The quantitative estimate of drug-likeness (QED) is 0.795. The topological polar surface area (TPSA) is 39.7 Å². The summed E-state index contributed by atoms with van der Waals surface area (Å²) in [5, 5.41) is 3.38. The second-order valence-electron chi connectivity index (χ2n) is 4.47. The Labute approximate surface area is 139 Å². The normalized spacial score (nSPS) is 12.3. The first-order chi connectivity index (χ1) is 10.2. The lowest BCUT2D eigenvalue weighted by Gasteiger charge is -2.13. The van der Waals surface area contributed by atoms with Gasteiger partial charge in [-0.05, 0) is 44.0 Å². The standard InChI is InChI=1S/C15H13Br2NO3/c1-19-14-6-12(10(16)5-11(14)17)18-7-9-3-2-4-13-15(9)21-8-20-13/h2-6,18H,7-8H2,1H3. The van der Waals surface area contributed by atoms with Gasteiger partial charge in [0.05, 0.1) is 17.3 Å². The second-order valence-corrected chi connectivity index (χ2v) is 6.18. The maximum Gasteiger partial charge on any atom is 0.231 e. The average molecular weight is 415 g/mol. The minimum Gasteiger partial charge on any atom is -0.495 e. The van der Waals surface area contributed by atoms with Crippen LogP contribution in [0.5, 0.6) is 17.2 Å². The van der Waals surface area contributed by atoms with E-state index in [1.165, 1.54) is 0 Å². The molecule has 0 spiro atoms. The summed E-state index contributed by atoms with van der Waals surface area (Å²) in [6.07, 6.45) is 0. The van der Waals surface area contributed by atoms with Crippen molar-refractivity contribution in [3.63, 3.8) is 0 Å². The van der Waals surface area contributed by atoms with E-state index in [4.69, 9.17) is 14.2 Å². The van der Waals surface area contributed by atoms with Crippen LogP contribution in [0.25, 0.3) is 0 Å². The Morgan fingerprint density at radius 1 is 1.19 bits per heavy atom. The average Bonchev–Trinajstić information content (AvgIpc) is 2.95. The van der Waals surface area contributed by atoms with Crippen LogP contribution in [-0.4, -0.2) is 13.9 Å². The van der Waals surface area contributed by atoms with Crippen molar-refractivity contribution in [3.8, 4) is 17.2 Å². The molecule has 1 N–H and O–H groups in total. The van der Waals surface area contributed by atoms with Gasteiger partial charge in [0.15, 0.2) is 11.5 Å². The molecule has 0 fully saturated rings. The smallest absolute Gasteiger partial charge is 0.231 e. The molecule has 0 amide bonds. The zero-order chi connectivity index (χ0) is 14.8. The van der Waals surface area contributed by atoms with Crippen molar-refractivity contribution in [1.29, 1.82) is 0 Å². The Morgan fingerprint density at radius 3 is 2.86 bits per heavy atom. The van der Waals surface area contributed by atoms with E-state index in [2.05, 4.69) is 37.2 Å². The van der Waals surface area contributed by atoms with E-state index in [0.717, 1.165) is 37.4 Å². The van der Waals surface area contributed by atoms with Crippen LogP contribution in [0.2, 0.25) is 0 Å². The molecule has 110 valence electrons. The summed E-state index contributed by atoms with van der Waals surface area (Å²) in [5.41, 5.74) is 2.00. The van der Waals surface area contributed by atoms with E-state index in [1.54, 1.807) is 7.11 Å². The number of para-hydroxylation sites is 1. The molecule has 1 aliphatic rings. The molecule has 0 aromatic heterocycles. The SMILES string of the molecule is COc1cc(NCc2cccc3c2OCO3)c(Br)cc1Br. The zero-order valence-electron chi connectivity index (χ0n) is 11.3. The van der Waals surface area contributed by atoms with Gasteiger partial charge in [-0.1, -0.05) is 12.1 Å². The Balaban J connectivity index is 1.81. The van der Waals surface area contributed by atoms with Crippen LogP contribution >= 0.6 is 31.9 Å². The van der Waals surface area contributed by atoms with Gasteiger partial charge < -0.3 is 19.5 Å². The number of hydrogen-bond acceptors (Lipinski definition) is 4. The number of ether oxygens (including phenoxy) is 3. The molecular weight excluding hydrogens is 402 g/mol. The lowest BCUT2D eigenvalue weighted by molar-refractivity contribution is 0.173. The lowest BCUT2D eigenvalue weighted by atomic mass is 10.2. The number of benzene rings is 2. The molecule has 0 radical (unpaired) electrons. The third kappa shape index (κ3) is 2.96. The van der Waals surface area contributed by atoms with E-state index in [-0.39, 0.29) is 6.79 Å². The van der Waals surface area contributed by atoms with Gasteiger partial charge >= 0.3 is 0 Å². The molecule has 0 saturated carbocycles. The molecule has 6 heteroatoms. The summed E-state index contributed by atoms with van der Waals surface area (Å²) in [7, 11) is 1.65. The van der Waals surface area contributed by atoms with Crippen LogP contribution in [0.4, 0.5) is 5.69 Å². The van der Waals surface area contributed by atoms with E-state index in [0.29, 0.717) is 6.54 Å². The maximum absolute atomic E-state index is 5.51. The number of fused-ring (bicyclic) bond motifs is 1. The van der Waals surface area contributed by atoms with Crippen LogP contribution in [0.15, 0.2) is 39.3 Å². The summed E-state index contributed by atoms with van der Waals surface area (Å²) in [6.45, 7) is 0.915. The van der Waals surface area contributed by atoms with Crippen LogP contribution in [0.3, 0.4) is 0 Å². The van der Waals surface area contributed by atoms with E-state index < -0.39 is 0 Å². The monoisotopic (exact) mass is 413 g/mol. The molecule has 3 rings (SSSR count). The first-order valence-corrected chi connectivity index (χ1v) is 7.92. The molecule has 1 aliphatic heterocycles. The van der Waals surface area contributed by atoms with Gasteiger partial charge in [0.25, 0.3) is 0 Å². The molecule has 4 nitrogen and oxygen atoms in total. The molecule has 0 atom stereocenters. The Kier molecular flexibility index (Phi) is 4.26. The van der Waals surface area contributed by atoms with E-state index in [1.807, 2.05) is 30.3 Å². The van der Waals surface area contributed by atoms with Gasteiger partial charge in [-0.25, -0.2) is 0 Å². The molecule has 1 heterocycles. The van der Waals surface area contributed by atoms with Crippen molar-refractivity contribution in [2.24, 2.45) is 0 Å². The lowest BCUT2D eigenvalue weighted by Crippen LogP contribution is -2.02. The molecule has 2 aromatic rings. The van der Waals surface area contributed by atoms with Gasteiger partial charge in [-0.2, -0.15) is 0 Å². The number of halogens is 2. The molecule has 0 bridgehead atoms. The predicted molar refractivity (Wildman–Crippen MR) is 88.3 cm³/mol. The summed E-state index contributed by atoms with van der Waals surface area (Å²) in [5.74, 6) is 2.38. The van der Waals surface area contributed by atoms with Crippen molar-refractivity contribution in [1.82, 2.24) is 0 Å². The fourth-order valence-corrected chi connectivity index (χ4v) is 3.44. The van der Waals surface area contributed by atoms with Crippen LogP contribution in [0.1, 0.15) is 5.56 Å². The number of hydrogen-bond donors (Lipinski definition) is 1. The molecule has 0 aliphatic carbocycles. The fraction of sp³-hybridized carbons (Fsp3) is 0.200. The minimum absolute atomic E-state index is 0.280. The van der Waals surface area contributed by atoms with Gasteiger partial charge in [-0.3, -0.25) is 0 Å². The third-order valence-electron chi connectivity index (χ3n) is 3.19. The van der Waals surface area contributed by atoms with E-state index >= 15 is 0 Å². The molecule has 0 unspecified atom stereocenters. The van der Waals surface area contributed by atoms with Gasteiger partial charge in [0.2, 0.25) is 6.79 Å². The first kappa shape index (κ1) is 14.5. The first-order valence-electron chi connectivity index (χ1n) is 6.33. The Morgan fingerprint density at radius 2 is 2.05 bits per heavy atom. The van der Waals surface area contributed by atoms with Gasteiger partial charge in [0.1, 0.15) is 5.75 Å². The summed E-state index contributed by atoms with van der Waals surface area (Å²) in [6, 6.07) is 9.78. The van der Waals surface area contributed by atoms with Crippen LogP contribution < -0.4 is 19.5 Å². The highest BCUT2D eigenvalue weighted by Crippen LogP contribution is 2.37. The fourth-order valence-electron chi connectivity index (χ4n) is 2.14. The second kappa shape index (κ2) is 6.15. The highest BCUT2D eigenvalue weighted by molar-refractivity contribution is 9.11. The van der Waals surface area contributed by atoms with Crippen molar-refractivity contribution in [3.05, 3.63) is 44.8 Å². The molecular formula is C15H13Br2NO3. The summed E-state index contributed by atoms with van der Waals surface area (Å²) >= 11 is 7.00. The van der Waals surface area contributed by atoms with Crippen molar-refractivity contribution >= 4 is 37.5 Å². The van der Waals surface area contributed by atoms with Crippen LogP contribution in [0, 0.1) is 0 Å². The highest BCUT2D eigenvalue weighted by Gasteiger charge is 2.17. The minimum atomic E-state index is 0.280. The Bertz CT molecular complexity index is 676. The number of rotatable bonds is 4. The molecule has 21 heavy (non-hydrogen) atoms. The van der Waals surface area contributed by atoms with Crippen LogP contribution in [-0.2, 0) is 6.54 Å². The molecule has 0 saturated heterocycles. The van der Waals surface area contributed by atoms with Crippen molar-refractivity contribution in [2.45, 2.75) is 6.54 Å².